The summed E-state index contributed by atoms with van der Waals surface area (Å²) in [7, 11) is 0. The molecule has 4 nitrogen and oxygen atoms in total. The van der Waals surface area contributed by atoms with E-state index in [0.29, 0.717) is 31.0 Å². The van der Waals surface area contributed by atoms with Gasteiger partial charge in [-0.3, -0.25) is 9.59 Å². The fourth-order valence-corrected chi connectivity index (χ4v) is 1.90. The van der Waals surface area contributed by atoms with Crippen LogP contribution in [-0.2, 0) is 4.79 Å². The molecule has 0 aliphatic carbocycles. The molecule has 0 heterocycles. The Balaban J connectivity index is 2.32. The van der Waals surface area contributed by atoms with Crippen LogP contribution in [-0.4, -0.2) is 24.9 Å². The number of carbonyl (C=O) groups is 2. The Bertz CT molecular complexity index is 447. The lowest BCUT2D eigenvalue weighted by Crippen LogP contribution is -2.32. The van der Waals surface area contributed by atoms with Gasteiger partial charge in [0.15, 0.2) is 0 Å². The SMILES string of the molecule is CC(C)CNC(=O)CCNC(=O)c1ccccc1Br. The highest BCUT2D eigenvalue weighted by Gasteiger charge is 2.09. The van der Waals surface area contributed by atoms with Gasteiger partial charge in [-0.1, -0.05) is 26.0 Å². The monoisotopic (exact) mass is 326 g/mol. The van der Waals surface area contributed by atoms with Gasteiger partial charge in [0.25, 0.3) is 5.91 Å². The minimum absolute atomic E-state index is 0.0406. The predicted molar refractivity (Wildman–Crippen MR) is 78.9 cm³/mol. The molecule has 104 valence electrons. The molecule has 0 saturated carbocycles. The Kier molecular flexibility index (Phi) is 6.56. The third-order valence-electron chi connectivity index (χ3n) is 2.46. The number of hydrogen-bond acceptors (Lipinski definition) is 2. The van der Waals surface area contributed by atoms with Crippen molar-refractivity contribution < 1.29 is 9.59 Å². The maximum Gasteiger partial charge on any atom is 0.252 e. The smallest absolute Gasteiger partial charge is 0.252 e. The third kappa shape index (κ3) is 5.87. The lowest BCUT2D eigenvalue weighted by atomic mass is 10.2. The van der Waals surface area contributed by atoms with Crippen LogP contribution >= 0.6 is 15.9 Å². The topological polar surface area (TPSA) is 58.2 Å². The van der Waals surface area contributed by atoms with E-state index in [0.717, 1.165) is 4.47 Å². The Morgan fingerprint density at radius 1 is 1.21 bits per heavy atom. The zero-order chi connectivity index (χ0) is 14.3. The highest BCUT2D eigenvalue weighted by Crippen LogP contribution is 2.15. The number of nitrogens with one attached hydrogen (secondary N) is 2. The Labute approximate surface area is 122 Å². The van der Waals surface area contributed by atoms with Gasteiger partial charge < -0.3 is 10.6 Å². The minimum atomic E-state index is -0.177. The molecule has 1 aromatic carbocycles. The molecular weight excluding hydrogens is 308 g/mol. The van der Waals surface area contributed by atoms with Crippen LogP contribution < -0.4 is 10.6 Å². The fourth-order valence-electron chi connectivity index (χ4n) is 1.44. The summed E-state index contributed by atoms with van der Waals surface area (Å²) in [6.45, 7) is 5.07. The van der Waals surface area contributed by atoms with Crippen molar-refractivity contribution in [3.05, 3.63) is 34.3 Å². The van der Waals surface area contributed by atoms with Crippen molar-refractivity contribution in [1.82, 2.24) is 10.6 Å². The Hall–Kier alpha value is -1.36. The van der Waals surface area contributed by atoms with Gasteiger partial charge >= 0.3 is 0 Å². The van der Waals surface area contributed by atoms with E-state index >= 15 is 0 Å². The second-order valence-corrected chi connectivity index (χ2v) is 5.54. The van der Waals surface area contributed by atoms with E-state index in [9.17, 15) is 9.59 Å². The van der Waals surface area contributed by atoms with E-state index in [4.69, 9.17) is 0 Å². The van der Waals surface area contributed by atoms with Crippen LogP contribution in [0.3, 0.4) is 0 Å². The first-order valence-corrected chi connectivity index (χ1v) is 7.09. The van der Waals surface area contributed by atoms with Crippen molar-refractivity contribution in [2.45, 2.75) is 20.3 Å². The number of carbonyl (C=O) groups excluding carboxylic acids is 2. The molecule has 0 aliphatic heterocycles. The van der Waals surface area contributed by atoms with E-state index < -0.39 is 0 Å². The van der Waals surface area contributed by atoms with Gasteiger partial charge in [0.1, 0.15) is 0 Å². The van der Waals surface area contributed by atoms with Crippen LogP contribution in [0.2, 0.25) is 0 Å². The molecule has 0 saturated heterocycles. The second-order valence-electron chi connectivity index (χ2n) is 4.68. The van der Waals surface area contributed by atoms with Crippen molar-refractivity contribution in [1.29, 1.82) is 0 Å². The highest BCUT2D eigenvalue weighted by molar-refractivity contribution is 9.10. The lowest BCUT2D eigenvalue weighted by Gasteiger charge is -2.09. The molecule has 0 bridgehead atoms. The maximum absolute atomic E-state index is 11.8. The average Bonchev–Trinajstić information content (AvgIpc) is 2.36. The number of rotatable bonds is 6. The normalized spacial score (nSPS) is 10.3. The molecule has 0 aliphatic rings. The summed E-state index contributed by atoms with van der Waals surface area (Å²) < 4.78 is 0.747. The standard InChI is InChI=1S/C14H19BrN2O2/c1-10(2)9-17-13(18)7-8-16-14(19)11-5-3-4-6-12(11)15/h3-6,10H,7-9H2,1-2H3,(H,16,19)(H,17,18). The molecule has 0 atom stereocenters. The highest BCUT2D eigenvalue weighted by atomic mass is 79.9. The largest absolute Gasteiger partial charge is 0.356 e. The van der Waals surface area contributed by atoms with Crippen LogP contribution in [0, 0.1) is 5.92 Å². The predicted octanol–water partition coefficient (Wildman–Crippen LogP) is 2.34. The van der Waals surface area contributed by atoms with Crippen LogP contribution in [0.15, 0.2) is 28.7 Å². The van der Waals surface area contributed by atoms with Crippen molar-refractivity contribution in [3.63, 3.8) is 0 Å². The number of halogens is 1. The number of benzene rings is 1. The van der Waals surface area contributed by atoms with Crippen LogP contribution in [0.4, 0.5) is 0 Å². The van der Waals surface area contributed by atoms with Crippen LogP contribution in [0.25, 0.3) is 0 Å². The van der Waals surface area contributed by atoms with Gasteiger partial charge in [0.05, 0.1) is 5.56 Å². The van der Waals surface area contributed by atoms with E-state index in [1.807, 2.05) is 26.0 Å². The van der Waals surface area contributed by atoms with Gasteiger partial charge in [0, 0.05) is 24.0 Å². The summed E-state index contributed by atoms with van der Waals surface area (Å²) >= 11 is 3.32. The van der Waals surface area contributed by atoms with Gasteiger partial charge in [-0.2, -0.15) is 0 Å². The van der Waals surface area contributed by atoms with Gasteiger partial charge in [0.2, 0.25) is 5.91 Å². The Morgan fingerprint density at radius 2 is 1.89 bits per heavy atom. The van der Waals surface area contributed by atoms with Crippen LogP contribution in [0.1, 0.15) is 30.6 Å². The first-order valence-electron chi connectivity index (χ1n) is 6.30. The van der Waals surface area contributed by atoms with E-state index in [2.05, 4.69) is 26.6 Å². The maximum atomic E-state index is 11.8. The van der Waals surface area contributed by atoms with E-state index in [1.54, 1.807) is 12.1 Å². The molecule has 19 heavy (non-hydrogen) atoms. The van der Waals surface area contributed by atoms with E-state index in [1.165, 1.54) is 0 Å². The molecule has 0 radical (unpaired) electrons. The minimum Gasteiger partial charge on any atom is -0.356 e. The van der Waals surface area contributed by atoms with Crippen molar-refractivity contribution in [3.8, 4) is 0 Å². The summed E-state index contributed by atoms with van der Waals surface area (Å²) in [5.74, 6) is 0.212. The summed E-state index contributed by atoms with van der Waals surface area (Å²) in [4.78, 5) is 23.3. The van der Waals surface area contributed by atoms with Gasteiger partial charge in [-0.25, -0.2) is 0 Å². The van der Waals surface area contributed by atoms with Crippen molar-refractivity contribution >= 4 is 27.7 Å². The lowest BCUT2D eigenvalue weighted by molar-refractivity contribution is -0.121. The molecule has 0 unspecified atom stereocenters. The molecule has 0 fully saturated rings. The molecule has 1 rings (SSSR count). The van der Waals surface area contributed by atoms with Crippen LogP contribution in [0.5, 0.6) is 0 Å². The second kappa shape index (κ2) is 7.94. The molecule has 0 spiro atoms. The number of hydrogen-bond donors (Lipinski definition) is 2. The molecular formula is C14H19BrN2O2. The van der Waals surface area contributed by atoms with Crippen molar-refractivity contribution in [2.75, 3.05) is 13.1 Å². The summed E-state index contributed by atoms with van der Waals surface area (Å²) in [6.07, 6.45) is 0.295. The van der Waals surface area contributed by atoms with Gasteiger partial charge in [-0.05, 0) is 34.0 Å². The summed E-state index contributed by atoms with van der Waals surface area (Å²) in [6, 6.07) is 7.19. The first-order chi connectivity index (χ1) is 9.00. The molecule has 0 aromatic heterocycles. The number of amides is 2. The third-order valence-corrected chi connectivity index (χ3v) is 3.16. The first kappa shape index (κ1) is 15.7. The zero-order valence-corrected chi connectivity index (χ0v) is 12.8. The van der Waals surface area contributed by atoms with E-state index in [-0.39, 0.29) is 11.8 Å². The summed E-state index contributed by atoms with van der Waals surface area (Å²) in [5.41, 5.74) is 0.574. The Morgan fingerprint density at radius 3 is 2.53 bits per heavy atom. The quantitative estimate of drug-likeness (QED) is 0.843. The molecule has 2 N–H and O–H groups in total. The average molecular weight is 327 g/mol. The summed E-state index contributed by atoms with van der Waals surface area (Å²) in [5, 5.41) is 5.54. The van der Waals surface area contributed by atoms with Gasteiger partial charge in [-0.15, -0.1) is 0 Å². The fraction of sp³-hybridized carbons (Fsp3) is 0.429. The molecule has 2 amide bonds. The van der Waals surface area contributed by atoms with Crippen molar-refractivity contribution in [2.24, 2.45) is 5.92 Å². The zero-order valence-electron chi connectivity index (χ0n) is 11.2. The molecule has 1 aromatic rings. The molecule has 5 heteroatoms.